The molecule has 9 heteroatoms. The summed E-state index contributed by atoms with van der Waals surface area (Å²) >= 11 is 0. The van der Waals surface area contributed by atoms with Gasteiger partial charge in [0.15, 0.2) is 0 Å². The van der Waals surface area contributed by atoms with Gasteiger partial charge in [0.1, 0.15) is 24.1 Å². The third kappa shape index (κ3) is 6.70. The first-order valence-electron chi connectivity index (χ1n) is 16.4. The van der Waals surface area contributed by atoms with Crippen LogP contribution in [-0.2, 0) is 32.2 Å². The zero-order valence-electron chi connectivity index (χ0n) is 27.7. The van der Waals surface area contributed by atoms with Gasteiger partial charge in [-0.05, 0) is 80.8 Å². The Hall–Kier alpha value is -2.49. The van der Waals surface area contributed by atoms with Crippen LogP contribution in [0.2, 0.25) is 0 Å². The molecule has 3 saturated carbocycles. The molecule has 0 aromatic heterocycles. The van der Waals surface area contributed by atoms with E-state index in [4.69, 9.17) is 9.47 Å². The molecule has 1 aromatic carbocycles. The number of aliphatic hydroxyl groups is 2. The van der Waals surface area contributed by atoms with Gasteiger partial charge in [-0.15, -0.1) is 0 Å². The highest BCUT2D eigenvalue weighted by molar-refractivity contribution is 5.85. The Labute approximate surface area is 262 Å². The summed E-state index contributed by atoms with van der Waals surface area (Å²) < 4.78 is 11.3. The predicted octanol–water partition coefficient (Wildman–Crippen LogP) is 4.90. The van der Waals surface area contributed by atoms with E-state index in [2.05, 4.69) is 38.3 Å². The largest absolute Gasteiger partial charge is 0.460 e. The highest BCUT2D eigenvalue weighted by atomic mass is 16.6. The first-order valence-corrected chi connectivity index (χ1v) is 16.4. The molecule has 3 fully saturated rings. The molecule has 0 radical (unpaired) electrons. The number of rotatable bonds is 9. The fourth-order valence-corrected chi connectivity index (χ4v) is 8.60. The number of Topliss-reactive ketones (excluding diaryl/α,β-unsaturated/α-hetero) is 1. The summed E-state index contributed by atoms with van der Waals surface area (Å²) in [7, 11) is 0. The smallest absolute Gasteiger partial charge is 0.407 e. The maximum absolute atomic E-state index is 13.8. The molecular formula is C35H54N2O7. The van der Waals surface area contributed by atoms with Crippen molar-refractivity contribution in [3.05, 3.63) is 35.4 Å². The molecule has 1 amide bonds. The highest BCUT2D eigenvalue weighted by Gasteiger charge is 2.69. The molecule has 1 unspecified atom stereocenters. The van der Waals surface area contributed by atoms with Gasteiger partial charge in [0.05, 0.1) is 6.10 Å². The van der Waals surface area contributed by atoms with Crippen LogP contribution in [0.5, 0.6) is 0 Å². The predicted molar refractivity (Wildman–Crippen MR) is 167 cm³/mol. The van der Waals surface area contributed by atoms with Gasteiger partial charge in [0.25, 0.3) is 0 Å². The van der Waals surface area contributed by atoms with Gasteiger partial charge < -0.3 is 30.3 Å². The van der Waals surface area contributed by atoms with Crippen LogP contribution < -0.4 is 10.6 Å². The molecule has 246 valence electrons. The number of nitrogens with one attached hydrogen (secondary N) is 2. The second-order valence-corrected chi connectivity index (χ2v) is 15.1. The summed E-state index contributed by atoms with van der Waals surface area (Å²) in [4.78, 5) is 38.3. The van der Waals surface area contributed by atoms with Crippen LogP contribution >= 0.6 is 0 Å². The molecule has 44 heavy (non-hydrogen) atoms. The lowest BCUT2D eigenvalue weighted by molar-refractivity contribution is -0.215. The van der Waals surface area contributed by atoms with E-state index in [1.165, 1.54) is 0 Å². The van der Waals surface area contributed by atoms with Crippen LogP contribution in [0, 0.1) is 34.0 Å². The van der Waals surface area contributed by atoms with E-state index in [0.717, 1.165) is 30.4 Å². The molecule has 4 rings (SSSR count). The number of benzene rings is 1. The fourth-order valence-electron chi connectivity index (χ4n) is 8.60. The molecular weight excluding hydrogens is 560 g/mol. The summed E-state index contributed by atoms with van der Waals surface area (Å²) in [5.41, 5.74) is -0.0345. The Morgan fingerprint density at radius 2 is 1.70 bits per heavy atom. The number of alkyl carbamates (subject to hydrolysis) is 1. The van der Waals surface area contributed by atoms with Crippen molar-refractivity contribution in [3.63, 3.8) is 0 Å². The first kappa shape index (κ1) is 34.4. The van der Waals surface area contributed by atoms with Crippen LogP contribution in [0.3, 0.4) is 0 Å². The number of ether oxygens (including phenoxy) is 2. The minimum Gasteiger partial charge on any atom is -0.460 e. The van der Waals surface area contributed by atoms with Crippen molar-refractivity contribution < 1.29 is 34.1 Å². The van der Waals surface area contributed by atoms with E-state index in [9.17, 15) is 24.6 Å². The van der Waals surface area contributed by atoms with Crippen molar-refractivity contribution in [2.45, 2.75) is 118 Å². The zero-order chi connectivity index (χ0) is 32.5. The molecule has 3 aliphatic carbocycles. The lowest BCUT2D eigenvalue weighted by Crippen LogP contribution is -2.65. The number of carbonyl (C=O) groups excluding carboxylic acids is 3. The monoisotopic (exact) mass is 614 g/mol. The third-order valence-electron chi connectivity index (χ3n) is 11.4. The third-order valence-corrected chi connectivity index (χ3v) is 11.4. The molecule has 9 nitrogen and oxygen atoms in total. The average Bonchev–Trinajstić information content (AvgIpc) is 3.32. The highest BCUT2D eigenvalue weighted by Crippen LogP contribution is 2.68. The second-order valence-electron chi connectivity index (χ2n) is 15.1. The summed E-state index contributed by atoms with van der Waals surface area (Å²) in [5, 5.41) is 28.2. The van der Waals surface area contributed by atoms with Crippen LogP contribution in [0.4, 0.5) is 4.79 Å². The van der Waals surface area contributed by atoms with E-state index in [1.807, 2.05) is 45.0 Å². The van der Waals surface area contributed by atoms with Gasteiger partial charge in [-0.1, -0.05) is 52.0 Å². The lowest BCUT2D eigenvalue weighted by atomic mass is 9.43. The molecule has 0 saturated heterocycles. The van der Waals surface area contributed by atoms with Crippen LogP contribution in [0.25, 0.3) is 0 Å². The Kier molecular flexibility index (Phi) is 10.2. The molecule has 8 atom stereocenters. The summed E-state index contributed by atoms with van der Waals surface area (Å²) in [6.45, 7) is 14.7. The van der Waals surface area contributed by atoms with Crippen LogP contribution in [-0.4, -0.2) is 59.0 Å². The molecule has 0 heterocycles. The van der Waals surface area contributed by atoms with Gasteiger partial charge >= 0.3 is 12.1 Å². The Bertz CT molecular complexity index is 1200. The lowest BCUT2D eigenvalue weighted by Gasteiger charge is -2.62. The van der Waals surface area contributed by atoms with E-state index in [1.54, 1.807) is 0 Å². The van der Waals surface area contributed by atoms with Crippen molar-refractivity contribution in [2.75, 3.05) is 13.2 Å². The molecule has 4 N–H and O–H groups in total. The zero-order valence-corrected chi connectivity index (χ0v) is 27.7. The Morgan fingerprint density at radius 3 is 2.30 bits per heavy atom. The summed E-state index contributed by atoms with van der Waals surface area (Å²) in [6.07, 6.45) is 2.34. The Morgan fingerprint density at radius 1 is 1.07 bits per heavy atom. The topological polar surface area (TPSA) is 134 Å². The van der Waals surface area contributed by atoms with Gasteiger partial charge in [-0.2, -0.15) is 0 Å². The van der Waals surface area contributed by atoms with Gasteiger partial charge in [0.2, 0.25) is 0 Å². The molecule has 2 bridgehead atoms. The second kappa shape index (κ2) is 13.1. The van der Waals surface area contributed by atoms with Crippen LogP contribution in [0.15, 0.2) is 24.3 Å². The normalized spacial score (nSPS) is 35.3. The Balaban J connectivity index is 1.54. The molecule has 0 aliphatic heterocycles. The van der Waals surface area contributed by atoms with Gasteiger partial charge in [0, 0.05) is 43.3 Å². The van der Waals surface area contributed by atoms with Crippen molar-refractivity contribution in [2.24, 2.45) is 34.0 Å². The number of amides is 1. The molecule has 1 aromatic rings. The maximum Gasteiger partial charge on any atom is 0.407 e. The first-order chi connectivity index (χ1) is 20.6. The van der Waals surface area contributed by atoms with Gasteiger partial charge in [-0.25, -0.2) is 9.59 Å². The minimum atomic E-state index is -0.706. The van der Waals surface area contributed by atoms with E-state index < -0.39 is 52.7 Å². The maximum atomic E-state index is 13.8. The fraction of sp³-hybridized carbons (Fsp3) is 0.743. The summed E-state index contributed by atoms with van der Waals surface area (Å²) in [5.74, 6) is -0.801. The molecule has 3 aliphatic rings. The van der Waals surface area contributed by atoms with Crippen molar-refractivity contribution >= 4 is 17.8 Å². The van der Waals surface area contributed by atoms with Crippen LogP contribution in [0.1, 0.15) is 98.1 Å². The van der Waals surface area contributed by atoms with Gasteiger partial charge in [-0.3, -0.25) is 4.79 Å². The van der Waals surface area contributed by atoms with Crippen molar-refractivity contribution in [1.82, 2.24) is 10.6 Å². The molecule has 0 spiro atoms. The average molecular weight is 615 g/mol. The van der Waals surface area contributed by atoms with Crippen molar-refractivity contribution in [1.29, 1.82) is 0 Å². The number of hydrogen-bond donors (Lipinski definition) is 4. The number of aliphatic hydroxyl groups excluding tert-OH is 2. The SMILES string of the molecule is CC[C@@]1(C)C[C@@H](OC(=O)CO)[C@@]2(C)C3C(=O)CC[C@@]3(CC[C@H]2C)[C@H](CNCc2ccc(CNC(=O)OC(C)(C)C)cc2)[C@@H]1O. The van der Waals surface area contributed by atoms with Crippen molar-refractivity contribution in [3.8, 4) is 0 Å². The quantitative estimate of drug-likeness (QED) is 0.289. The standard InChI is InChI=1S/C35H54N2O7/c1-8-33(6)17-27(43-28(40)21-38)34(7)22(2)13-15-35(16-14-26(39)29(34)35)25(30(33)41)20-36-18-23-9-11-24(12-10-23)19-37-31(42)44-32(3,4)5/h9-12,22,25,27,29-30,36,38,41H,8,13-21H2,1-7H3,(H,37,42)/t22-,25-,27-,29?,30+,33+,34+,35+/m1/s1. The summed E-state index contributed by atoms with van der Waals surface area (Å²) in [6, 6.07) is 8.03. The van der Waals surface area contributed by atoms with E-state index in [-0.39, 0.29) is 23.5 Å². The minimum absolute atomic E-state index is 0.146. The van der Waals surface area contributed by atoms with E-state index >= 15 is 0 Å². The number of carbonyl (C=O) groups is 3. The van der Waals surface area contributed by atoms with E-state index in [0.29, 0.717) is 38.9 Å². The number of esters is 1. The number of ketones is 1. The number of hydrogen-bond acceptors (Lipinski definition) is 8.